The molecule has 0 radical (unpaired) electrons. The van der Waals surface area contributed by atoms with Crippen molar-refractivity contribution >= 4 is 50.7 Å². The lowest BCUT2D eigenvalue weighted by Crippen LogP contribution is -2.53. The third kappa shape index (κ3) is 9.60. The van der Waals surface area contributed by atoms with Crippen molar-refractivity contribution in [3.8, 4) is 0 Å². The fraction of sp³-hybridized carbons (Fsp3) is 0.297. The van der Waals surface area contributed by atoms with E-state index in [2.05, 4.69) is 19.2 Å². The van der Waals surface area contributed by atoms with Gasteiger partial charge in [0, 0.05) is 29.6 Å². The Hall–Kier alpha value is -3.85. The molecule has 248 valence electrons. The first-order valence-electron chi connectivity index (χ1n) is 15.7. The number of anilines is 1. The van der Waals surface area contributed by atoms with Crippen LogP contribution < -0.4 is 9.62 Å². The molecule has 0 bridgehead atoms. The Balaban J connectivity index is 1.81. The van der Waals surface area contributed by atoms with Gasteiger partial charge < -0.3 is 10.2 Å². The number of rotatable bonds is 15. The summed E-state index contributed by atoms with van der Waals surface area (Å²) in [5.41, 5.74) is 2.79. The highest BCUT2D eigenvalue weighted by molar-refractivity contribution is 7.92. The normalized spacial score (nSPS) is 12.0. The number of nitrogens with zero attached hydrogens (tertiary/aromatic N) is 2. The molecular weight excluding hydrogens is 653 g/mol. The van der Waals surface area contributed by atoms with E-state index in [0.29, 0.717) is 27.8 Å². The Kier molecular flexibility index (Phi) is 12.9. The zero-order valence-corrected chi connectivity index (χ0v) is 29.2. The molecule has 47 heavy (non-hydrogen) atoms. The number of carbonyl (C=O) groups is 2. The number of unbranched alkanes of at least 4 members (excludes halogenated alkanes) is 1. The Morgan fingerprint density at radius 2 is 1.49 bits per heavy atom. The maximum absolute atomic E-state index is 14.6. The summed E-state index contributed by atoms with van der Waals surface area (Å²) in [5, 5.41) is 3.75. The number of hydrogen-bond acceptors (Lipinski definition) is 4. The van der Waals surface area contributed by atoms with Crippen LogP contribution in [0.1, 0.15) is 56.2 Å². The van der Waals surface area contributed by atoms with Gasteiger partial charge >= 0.3 is 0 Å². The van der Waals surface area contributed by atoms with Crippen molar-refractivity contribution in [2.24, 2.45) is 0 Å². The van der Waals surface area contributed by atoms with E-state index in [1.165, 1.54) is 17.0 Å². The number of nitrogens with one attached hydrogen (secondary N) is 1. The van der Waals surface area contributed by atoms with Gasteiger partial charge in [-0.05, 0) is 65.4 Å². The minimum Gasteiger partial charge on any atom is -0.354 e. The van der Waals surface area contributed by atoms with Gasteiger partial charge in [0.15, 0.2) is 0 Å². The van der Waals surface area contributed by atoms with Crippen molar-refractivity contribution in [1.29, 1.82) is 0 Å². The zero-order chi connectivity index (χ0) is 34.0. The number of hydrogen-bond donors (Lipinski definition) is 1. The smallest absolute Gasteiger partial charge is 0.264 e. The van der Waals surface area contributed by atoms with Crippen molar-refractivity contribution in [3.05, 3.63) is 130 Å². The Labute approximate surface area is 288 Å². The third-order valence-corrected chi connectivity index (χ3v) is 10.3. The summed E-state index contributed by atoms with van der Waals surface area (Å²) in [5.74, 6) is -0.663. The maximum atomic E-state index is 14.6. The van der Waals surface area contributed by atoms with Crippen molar-refractivity contribution in [2.75, 3.05) is 17.4 Å². The van der Waals surface area contributed by atoms with Crippen LogP contribution in [0, 0.1) is 0 Å². The molecule has 0 aliphatic carbocycles. The first-order chi connectivity index (χ1) is 22.5. The Morgan fingerprint density at radius 3 is 2.09 bits per heavy atom. The molecule has 0 unspecified atom stereocenters. The molecule has 0 saturated heterocycles. The van der Waals surface area contributed by atoms with E-state index >= 15 is 0 Å². The van der Waals surface area contributed by atoms with E-state index in [-0.39, 0.29) is 29.7 Å². The van der Waals surface area contributed by atoms with Gasteiger partial charge in [0.2, 0.25) is 11.8 Å². The second-order valence-corrected chi connectivity index (χ2v) is 14.4. The van der Waals surface area contributed by atoms with E-state index in [4.69, 9.17) is 23.2 Å². The van der Waals surface area contributed by atoms with Crippen LogP contribution in [0.2, 0.25) is 10.0 Å². The molecule has 0 aliphatic heterocycles. The lowest BCUT2D eigenvalue weighted by atomic mass is 10.0. The second-order valence-electron chi connectivity index (χ2n) is 11.7. The van der Waals surface area contributed by atoms with Gasteiger partial charge in [-0.15, -0.1) is 0 Å². The Morgan fingerprint density at radius 1 is 0.851 bits per heavy atom. The zero-order valence-electron chi connectivity index (χ0n) is 26.9. The summed E-state index contributed by atoms with van der Waals surface area (Å²) in [6, 6.07) is 28.6. The Bertz CT molecular complexity index is 1730. The average molecular weight is 695 g/mol. The number of sulfonamides is 1. The minimum absolute atomic E-state index is 0.0426. The van der Waals surface area contributed by atoms with E-state index in [0.717, 1.165) is 28.3 Å². The van der Waals surface area contributed by atoms with Crippen molar-refractivity contribution < 1.29 is 18.0 Å². The van der Waals surface area contributed by atoms with Crippen molar-refractivity contribution in [2.45, 2.75) is 63.4 Å². The number of amides is 2. The van der Waals surface area contributed by atoms with Crippen LogP contribution in [0.4, 0.5) is 5.69 Å². The van der Waals surface area contributed by atoms with Crippen LogP contribution in [-0.4, -0.2) is 44.3 Å². The molecule has 4 aromatic carbocycles. The van der Waals surface area contributed by atoms with Gasteiger partial charge in [-0.2, -0.15) is 0 Å². The minimum atomic E-state index is -4.18. The second kappa shape index (κ2) is 16.8. The quantitative estimate of drug-likeness (QED) is 0.128. The van der Waals surface area contributed by atoms with E-state index in [1.54, 1.807) is 48.5 Å². The van der Waals surface area contributed by atoms with Gasteiger partial charge in [0.05, 0.1) is 10.6 Å². The van der Waals surface area contributed by atoms with Crippen LogP contribution in [-0.2, 0) is 32.6 Å². The highest BCUT2D eigenvalue weighted by atomic mass is 35.5. The fourth-order valence-electron chi connectivity index (χ4n) is 5.17. The molecule has 4 rings (SSSR count). The molecule has 2 amide bonds. The standard InChI is InChI=1S/C37H41Cl2N3O4S/c1-4-5-22-40-37(44)35(23-28-12-8-6-9-13-28)41(25-30-16-19-31(38)24-34(30)39)36(43)26-42(32-20-17-29(18-21-32)27(2)3)47(45,46)33-14-10-7-11-15-33/h6-21,24,27,35H,4-5,22-23,25-26H2,1-3H3,(H,40,44)/t35-/m1/s1. The molecule has 0 fully saturated rings. The summed E-state index contributed by atoms with van der Waals surface area (Å²) in [4.78, 5) is 30.0. The van der Waals surface area contributed by atoms with Crippen molar-refractivity contribution in [1.82, 2.24) is 10.2 Å². The number of carbonyl (C=O) groups excluding carboxylic acids is 2. The predicted molar refractivity (Wildman–Crippen MR) is 190 cm³/mol. The predicted octanol–water partition coefficient (Wildman–Crippen LogP) is 7.87. The van der Waals surface area contributed by atoms with Gasteiger partial charge in [-0.3, -0.25) is 13.9 Å². The number of benzene rings is 4. The summed E-state index contributed by atoms with van der Waals surface area (Å²) < 4.78 is 29.4. The van der Waals surface area contributed by atoms with Crippen LogP contribution in [0.3, 0.4) is 0 Å². The molecule has 0 aliphatic rings. The molecule has 0 aromatic heterocycles. The molecule has 4 aromatic rings. The van der Waals surface area contributed by atoms with E-state index in [9.17, 15) is 18.0 Å². The molecule has 0 saturated carbocycles. The topological polar surface area (TPSA) is 86.8 Å². The molecule has 7 nitrogen and oxygen atoms in total. The van der Waals surface area contributed by atoms with E-state index < -0.39 is 28.5 Å². The molecule has 1 atom stereocenters. The molecule has 1 N–H and O–H groups in total. The average Bonchev–Trinajstić information content (AvgIpc) is 3.07. The van der Waals surface area contributed by atoms with Gasteiger partial charge in [0.1, 0.15) is 12.6 Å². The summed E-state index contributed by atoms with van der Waals surface area (Å²) >= 11 is 12.8. The van der Waals surface area contributed by atoms with E-state index in [1.807, 2.05) is 49.4 Å². The van der Waals surface area contributed by atoms with Crippen molar-refractivity contribution in [3.63, 3.8) is 0 Å². The molecule has 10 heteroatoms. The SMILES string of the molecule is CCCCNC(=O)[C@@H](Cc1ccccc1)N(Cc1ccc(Cl)cc1Cl)C(=O)CN(c1ccc(C(C)C)cc1)S(=O)(=O)c1ccccc1. The fourth-order valence-corrected chi connectivity index (χ4v) is 7.07. The van der Waals surface area contributed by atoms with Gasteiger partial charge in [-0.25, -0.2) is 8.42 Å². The van der Waals surface area contributed by atoms with Gasteiger partial charge in [-0.1, -0.05) is 117 Å². The van der Waals surface area contributed by atoms with Gasteiger partial charge in [0.25, 0.3) is 10.0 Å². The first kappa shape index (κ1) is 36.0. The van der Waals surface area contributed by atoms with Crippen LogP contribution in [0.25, 0.3) is 0 Å². The monoisotopic (exact) mass is 693 g/mol. The lowest BCUT2D eigenvalue weighted by molar-refractivity contribution is -0.140. The highest BCUT2D eigenvalue weighted by Crippen LogP contribution is 2.28. The van der Waals surface area contributed by atoms with Crippen LogP contribution >= 0.6 is 23.2 Å². The molecular formula is C37H41Cl2N3O4S. The number of halogens is 2. The first-order valence-corrected chi connectivity index (χ1v) is 17.9. The van der Waals surface area contributed by atoms with Crippen LogP contribution in [0.15, 0.2) is 108 Å². The maximum Gasteiger partial charge on any atom is 0.264 e. The molecule has 0 spiro atoms. The third-order valence-electron chi connectivity index (χ3n) is 7.91. The highest BCUT2D eigenvalue weighted by Gasteiger charge is 2.35. The largest absolute Gasteiger partial charge is 0.354 e. The summed E-state index contributed by atoms with van der Waals surface area (Å²) in [6.45, 7) is 5.99. The molecule has 0 heterocycles. The summed E-state index contributed by atoms with van der Waals surface area (Å²) in [6.07, 6.45) is 1.87. The lowest BCUT2D eigenvalue weighted by Gasteiger charge is -2.34. The summed E-state index contributed by atoms with van der Waals surface area (Å²) in [7, 11) is -4.18. The van der Waals surface area contributed by atoms with Crippen LogP contribution in [0.5, 0.6) is 0 Å².